The number of pyridine rings is 2. The molecule has 3 aromatic rings. The number of carbonyl (C=O) groups excluding carboxylic acids is 1. The molecule has 1 saturated carbocycles. The van der Waals surface area contributed by atoms with E-state index < -0.39 is 0 Å². The van der Waals surface area contributed by atoms with E-state index >= 15 is 0 Å². The van der Waals surface area contributed by atoms with E-state index in [1.165, 1.54) is 12.8 Å². The van der Waals surface area contributed by atoms with Crippen molar-refractivity contribution in [1.29, 1.82) is 0 Å². The normalized spacial score (nSPS) is 22.5. The van der Waals surface area contributed by atoms with Crippen molar-refractivity contribution in [3.05, 3.63) is 60.4 Å². The molecule has 0 radical (unpaired) electrons. The van der Waals surface area contributed by atoms with Gasteiger partial charge in [0.25, 0.3) is 5.91 Å². The smallest absolute Gasteiger partial charge is 0.252 e. The fraction of sp³-hybridized carbons (Fsp3) is 0.348. The minimum absolute atomic E-state index is 0.00476. The van der Waals surface area contributed by atoms with E-state index in [4.69, 9.17) is 4.98 Å². The Morgan fingerprint density at radius 1 is 1.07 bits per heavy atom. The first-order chi connectivity index (χ1) is 13.1. The lowest BCUT2D eigenvalue weighted by Gasteiger charge is -2.34. The highest BCUT2D eigenvalue weighted by molar-refractivity contribution is 6.07. The third-order valence-corrected chi connectivity index (χ3v) is 5.96. The summed E-state index contributed by atoms with van der Waals surface area (Å²) in [6.07, 6.45) is 6.97. The summed E-state index contributed by atoms with van der Waals surface area (Å²) in [6, 6.07) is 13.8. The van der Waals surface area contributed by atoms with E-state index in [0.717, 1.165) is 28.6 Å². The van der Waals surface area contributed by atoms with E-state index in [2.05, 4.69) is 24.1 Å². The van der Waals surface area contributed by atoms with Gasteiger partial charge < -0.3 is 5.32 Å². The summed E-state index contributed by atoms with van der Waals surface area (Å²) in [7, 11) is 0. The van der Waals surface area contributed by atoms with E-state index in [0.29, 0.717) is 17.4 Å². The van der Waals surface area contributed by atoms with Crippen LogP contribution in [0.3, 0.4) is 0 Å². The van der Waals surface area contributed by atoms with Gasteiger partial charge in [0.1, 0.15) is 0 Å². The van der Waals surface area contributed by atoms with Gasteiger partial charge in [-0.3, -0.25) is 9.78 Å². The zero-order valence-corrected chi connectivity index (χ0v) is 15.9. The molecule has 0 aliphatic heterocycles. The maximum Gasteiger partial charge on any atom is 0.252 e. The highest BCUT2D eigenvalue weighted by atomic mass is 16.1. The van der Waals surface area contributed by atoms with E-state index in [1.807, 2.05) is 42.5 Å². The SMILES string of the molecule is C[C@@H]1[C@H](C)CCC[C@H]1NC(=O)c1cc(-c2ccncc2)nc2ccccc12. The monoisotopic (exact) mass is 359 g/mol. The van der Waals surface area contributed by atoms with Gasteiger partial charge in [-0.15, -0.1) is 0 Å². The van der Waals surface area contributed by atoms with Crippen molar-refractivity contribution in [3.63, 3.8) is 0 Å². The van der Waals surface area contributed by atoms with Crippen LogP contribution in [0.5, 0.6) is 0 Å². The first kappa shape index (κ1) is 17.7. The number of hydrogen-bond donors (Lipinski definition) is 1. The zero-order chi connectivity index (χ0) is 18.8. The first-order valence-electron chi connectivity index (χ1n) is 9.74. The van der Waals surface area contributed by atoms with Gasteiger partial charge in [-0.25, -0.2) is 4.98 Å². The number of benzene rings is 1. The summed E-state index contributed by atoms with van der Waals surface area (Å²) >= 11 is 0. The van der Waals surface area contributed by atoms with Gasteiger partial charge in [-0.05, 0) is 42.5 Å². The minimum Gasteiger partial charge on any atom is -0.349 e. The largest absolute Gasteiger partial charge is 0.349 e. The Kier molecular flexibility index (Phi) is 4.88. The van der Waals surface area contributed by atoms with Crippen LogP contribution in [0.4, 0.5) is 0 Å². The molecule has 138 valence electrons. The molecule has 0 spiro atoms. The molecule has 2 heterocycles. The Hall–Kier alpha value is -2.75. The number of fused-ring (bicyclic) bond motifs is 1. The van der Waals surface area contributed by atoms with Crippen LogP contribution in [0, 0.1) is 11.8 Å². The molecular weight excluding hydrogens is 334 g/mol. The van der Waals surface area contributed by atoms with Gasteiger partial charge >= 0.3 is 0 Å². The van der Waals surface area contributed by atoms with Crippen molar-refractivity contribution in [2.24, 2.45) is 11.8 Å². The van der Waals surface area contributed by atoms with Crippen molar-refractivity contribution in [1.82, 2.24) is 15.3 Å². The molecule has 1 aliphatic rings. The summed E-state index contributed by atoms with van der Waals surface area (Å²) in [4.78, 5) is 22.0. The van der Waals surface area contributed by atoms with Crippen molar-refractivity contribution in [2.75, 3.05) is 0 Å². The average Bonchev–Trinajstić information content (AvgIpc) is 2.71. The zero-order valence-electron chi connectivity index (χ0n) is 15.9. The summed E-state index contributed by atoms with van der Waals surface area (Å²) in [6.45, 7) is 4.54. The highest BCUT2D eigenvalue weighted by Crippen LogP contribution is 2.30. The molecule has 0 unspecified atom stereocenters. The van der Waals surface area contributed by atoms with Crippen molar-refractivity contribution < 1.29 is 4.79 Å². The molecular formula is C23H25N3O. The van der Waals surface area contributed by atoms with Crippen LogP contribution in [0.15, 0.2) is 54.9 Å². The van der Waals surface area contributed by atoms with Crippen LogP contribution in [-0.4, -0.2) is 21.9 Å². The molecule has 27 heavy (non-hydrogen) atoms. The summed E-state index contributed by atoms with van der Waals surface area (Å²) in [5.74, 6) is 1.14. The molecule has 2 aromatic heterocycles. The Labute approximate surface area is 160 Å². The second kappa shape index (κ2) is 7.47. The quantitative estimate of drug-likeness (QED) is 0.727. The van der Waals surface area contributed by atoms with Crippen LogP contribution >= 0.6 is 0 Å². The predicted molar refractivity (Wildman–Crippen MR) is 108 cm³/mol. The van der Waals surface area contributed by atoms with E-state index in [-0.39, 0.29) is 11.9 Å². The molecule has 1 amide bonds. The number of para-hydroxylation sites is 1. The van der Waals surface area contributed by atoms with Gasteiger partial charge in [-0.1, -0.05) is 44.9 Å². The lowest BCUT2D eigenvalue weighted by Crippen LogP contribution is -2.43. The molecule has 1 aliphatic carbocycles. The maximum atomic E-state index is 13.2. The molecule has 4 rings (SSSR count). The topological polar surface area (TPSA) is 54.9 Å². The third-order valence-electron chi connectivity index (χ3n) is 5.96. The first-order valence-corrected chi connectivity index (χ1v) is 9.74. The molecule has 3 atom stereocenters. The second-order valence-electron chi connectivity index (χ2n) is 7.66. The second-order valence-corrected chi connectivity index (χ2v) is 7.66. The number of aromatic nitrogens is 2. The molecule has 4 nitrogen and oxygen atoms in total. The lowest BCUT2D eigenvalue weighted by molar-refractivity contribution is 0.0892. The molecule has 4 heteroatoms. The summed E-state index contributed by atoms with van der Waals surface area (Å²) in [5.41, 5.74) is 3.29. The van der Waals surface area contributed by atoms with Crippen LogP contribution in [0.2, 0.25) is 0 Å². The van der Waals surface area contributed by atoms with Gasteiger partial charge in [0.05, 0.1) is 16.8 Å². The summed E-state index contributed by atoms with van der Waals surface area (Å²) in [5, 5.41) is 4.20. The Balaban J connectivity index is 1.72. The minimum atomic E-state index is -0.00476. The maximum absolute atomic E-state index is 13.2. The molecule has 1 N–H and O–H groups in total. The van der Waals surface area contributed by atoms with Crippen molar-refractivity contribution in [3.8, 4) is 11.3 Å². The standard InChI is InChI=1S/C23H25N3O/c1-15-6-5-9-20(16(15)2)26-23(27)19-14-22(17-10-12-24-13-11-17)25-21-8-4-3-7-18(19)21/h3-4,7-8,10-16,20H,5-6,9H2,1-2H3,(H,26,27)/t15-,16-,20-/m1/s1. The number of hydrogen-bond acceptors (Lipinski definition) is 3. The van der Waals surface area contributed by atoms with Gasteiger partial charge in [0.15, 0.2) is 0 Å². The Morgan fingerprint density at radius 2 is 1.85 bits per heavy atom. The third kappa shape index (κ3) is 3.57. The van der Waals surface area contributed by atoms with Crippen molar-refractivity contribution >= 4 is 16.8 Å². The fourth-order valence-electron chi connectivity index (χ4n) is 4.07. The highest BCUT2D eigenvalue weighted by Gasteiger charge is 2.28. The molecule has 1 fully saturated rings. The van der Waals surface area contributed by atoms with Crippen LogP contribution in [-0.2, 0) is 0 Å². The number of nitrogens with zero attached hydrogens (tertiary/aromatic N) is 2. The average molecular weight is 359 g/mol. The van der Waals surface area contributed by atoms with Crippen molar-refractivity contribution in [2.45, 2.75) is 39.2 Å². The number of amides is 1. The fourth-order valence-corrected chi connectivity index (χ4v) is 4.07. The van der Waals surface area contributed by atoms with E-state index in [9.17, 15) is 4.79 Å². The van der Waals surface area contributed by atoms with E-state index in [1.54, 1.807) is 12.4 Å². The Morgan fingerprint density at radius 3 is 2.67 bits per heavy atom. The summed E-state index contributed by atoms with van der Waals surface area (Å²) < 4.78 is 0. The van der Waals surface area contributed by atoms with Crippen LogP contribution in [0.1, 0.15) is 43.5 Å². The number of carbonyl (C=O) groups is 1. The predicted octanol–water partition coefficient (Wildman–Crippen LogP) is 4.85. The molecule has 0 saturated heterocycles. The van der Waals surface area contributed by atoms with Crippen LogP contribution < -0.4 is 5.32 Å². The number of rotatable bonds is 3. The molecule has 0 bridgehead atoms. The van der Waals surface area contributed by atoms with Gasteiger partial charge in [0.2, 0.25) is 0 Å². The van der Waals surface area contributed by atoms with Crippen LogP contribution in [0.25, 0.3) is 22.2 Å². The lowest BCUT2D eigenvalue weighted by atomic mass is 9.78. The Bertz CT molecular complexity index is 954. The molecule has 1 aromatic carbocycles. The van der Waals surface area contributed by atoms with Gasteiger partial charge in [-0.2, -0.15) is 0 Å². The van der Waals surface area contributed by atoms with Gasteiger partial charge in [0, 0.05) is 29.4 Å². The number of nitrogens with one attached hydrogen (secondary N) is 1.